The molecule has 0 aromatic carbocycles. The van der Waals surface area contributed by atoms with Gasteiger partial charge in [-0.3, -0.25) is 0 Å². The third-order valence-electron chi connectivity index (χ3n) is 2.27. The van der Waals surface area contributed by atoms with Gasteiger partial charge in [0.1, 0.15) is 0 Å². The van der Waals surface area contributed by atoms with Crippen LogP contribution >= 0.6 is 11.6 Å². The summed E-state index contributed by atoms with van der Waals surface area (Å²) in [6, 6.07) is 0. The van der Waals surface area contributed by atoms with Crippen molar-refractivity contribution in [3.05, 3.63) is 35.5 Å². The molecule has 1 aliphatic carbocycles. The van der Waals surface area contributed by atoms with Crippen molar-refractivity contribution in [1.29, 1.82) is 0 Å². The molecule has 0 amide bonds. The zero-order valence-corrected chi connectivity index (χ0v) is 6.93. The molecule has 1 heterocycles. The van der Waals surface area contributed by atoms with E-state index in [-0.39, 0.29) is 0 Å². The number of fused-ring (bicyclic) bond motifs is 1. The fourth-order valence-corrected chi connectivity index (χ4v) is 1.82. The Balaban J connectivity index is 2.29. The van der Waals surface area contributed by atoms with Gasteiger partial charge in [0.15, 0.2) is 0 Å². The zero-order chi connectivity index (χ0) is 7.84. The molecular weight excluding hydrogens is 158 g/mol. The molecule has 2 atom stereocenters. The molecule has 1 nitrogen and oxygen atoms in total. The first-order valence-electron chi connectivity index (χ1n) is 3.75. The third-order valence-corrected chi connectivity index (χ3v) is 2.52. The van der Waals surface area contributed by atoms with Crippen LogP contribution in [0.3, 0.4) is 0 Å². The maximum Gasteiger partial charge on any atom is 0.0370 e. The van der Waals surface area contributed by atoms with E-state index in [9.17, 15) is 0 Å². The highest BCUT2D eigenvalue weighted by molar-refractivity contribution is 6.31. The van der Waals surface area contributed by atoms with Gasteiger partial charge in [-0.15, -0.1) is 0 Å². The van der Waals surface area contributed by atoms with Crippen molar-refractivity contribution < 1.29 is 0 Å². The summed E-state index contributed by atoms with van der Waals surface area (Å²) in [6.45, 7) is 4.93. The quantitative estimate of drug-likeness (QED) is 0.582. The van der Waals surface area contributed by atoms with Gasteiger partial charge in [0, 0.05) is 29.1 Å². The summed E-state index contributed by atoms with van der Waals surface area (Å²) < 4.78 is 0. The molecule has 0 radical (unpaired) electrons. The second kappa shape index (κ2) is 2.42. The first-order valence-corrected chi connectivity index (χ1v) is 4.13. The Labute approximate surface area is 71.4 Å². The van der Waals surface area contributed by atoms with E-state index >= 15 is 0 Å². The SMILES string of the molecule is C=C1NCC2C=CC(Cl)=CC12. The molecule has 0 saturated carbocycles. The monoisotopic (exact) mass is 167 g/mol. The van der Waals surface area contributed by atoms with Crippen LogP contribution < -0.4 is 5.32 Å². The van der Waals surface area contributed by atoms with Gasteiger partial charge in [-0.25, -0.2) is 0 Å². The van der Waals surface area contributed by atoms with Crippen LogP contribution in [0, 0.1) is 11.8 Å². The van der Waals surface area contributed by atoms with Crippen molar-refractivity contribution in [1.82, 2.24) is 5.32 Å². The van der Waals surface area contributed by atoms with E-state index in [1.807, 2.05) is 6.08 Å². The van der Waals surface area contributed by atoms with Gasteiger partial charge in [0.2, 0.25) is 0 Å². The van der Waals surface area contributed by atoms with E-state index in [0.29, 0.717) is 11.8 Å². The standard InChI is InChI=1S/C9H10ClN/c1-6-9-4-8(10)3-2-7(9)5-11-6/h2-4,7,9,11H,1,5H2. The minimum Gasteiger partial charge on any atom is -0.388 e. The molecule has 0 aromatic heterocycles. The highest BCUT2D eigenvalue weighted by Gasteiger charge is 2.28. The molecule has 58 valence electrons. The molecule has 2 aliphatic rings. The first-order chi connectivity index (χ1) is 5.27. The van der Waals surface area contributed by atoms with Gasteiger partial charge in [-0.05, 0) is 6.08 Å². The lowest BCUT2D eigenvalue weighted by Gasteiger charge is -2.14. The van der Waals surface area contributed by atoms with Crippen molar-refractivity contribution in [2.24, 2.45) is 11.8 Å². The van der Waals surface area contributed by atoms with Crippen LogP contribution in [0.1, 0.15) is 0 Å². The Bertz CT molecular complexity index is 252. The highest BCUT2D eigenvalue weighted by atomic mass is 35.5. The minimum absolute atomic E-state index is 0.424. The maximum atomic E-state index is 5.85. The van der Waals surface area contributed by atoms with Gasteiger partial charge >= 0.3 is 0 Å². The van der Waals surface area contributed by atoms with Gasteiger partial charge in [0.05, 0.1) is 0 Å². The number of hydrogen-bond acceptors (Lipinski definition) is 1. The van der Waals surface area contributed by atoms with Gasteiger partial charge < -0.3 is 5.32 Å². The van der Waals surface area contributed by atoms with Crippen molar-refractivity contribution in [3.8, 4) is 0 Å². The zero-order valence-electron chi connectivity index (χ0n) is 6.18. The Morgan fingerprint density at radius 2 is 2.45 bits per heavy atom. The summed E-state index contributed by atoms with van der Waals surface area (Å²) in [7, 11) is 0. The van der Waals surface area contributed by atoms with E-state index < -0.39 is 0 Å². The van der Waals surface area contributed by atoms with Crippen molar-refractivity contribution in [3.63, 3.8) is 0 Å². The molecule has 2 heteroatoms. The second-order valence-electron chi connectivity index (χ2n) is 3.01. The lowest BCUT2D eigenvalue weighted by molar-refractivity contribution is 0.619. The molecule has 0 aromatic rings. The van der Waals surface area contributed by atoms with Crippen LogP contribution in [-0.4, -0.2) is 6.54 Å². The number of hydrogen-bond donors (Lipinski definition) is 1. The summed E-state index contributed by atoms with van der Waals surface area (Å²) >= 11 is 5.85. The van der Waals surface area contributed by atoms with Crippen molar-refractivity contribution in [2.75, 3.05) is 6.54 Å². The molecule has 0 bridgehead atoms. The Hall–Kier alpha value is -0.690. The molecule has 1 N–H and O–H groups in total. The highest BCUT2D eigenvalue weighted by Crippen LogP contribution is 2.32. The number of nitrogens with one attached hydrogen (secondary N) is 1. The summed E-state index contributed by atoms with van der Waals surface area (Å²) in [6.07, 6.45) is 6.18. The molecule has 2 unspecified atom stereocenters. The Kier molecular flexibility index (Phi) is 1.53. The fraction of sp³-hybridized carbons (Fsp3) is 0.333. The number of rotatable bonds is 0. The van der Waals surface area contributed by atoms with Crippen LogP contribution in [0.4, 0.5) is 0 Å². The third kappa shape index (κ3) is 1.10. The smallest absolute Gasteiger partial charge is 0.0370 e. The lowest BCUT2D eigenvalue weighted by atomic mass is 9.90. The van der Waals surface area contributed by atoms with E-state index in [1.54, 1.807) is 0 Å². The fourth-order valence-electron chi connectivity index (χ4n) is 1.61. The molecule has 11 heavy (non-hydrogen) atoms. The molecule has 1 aliphatic heterocycles. The van der Waals surface area contributed by atoms with Crippen LogP contribution in [0.2, 0.25) is 0 Å². The normalized spacial score (nSPS) is 34.6. The van der Waals surface area contributed by atoms with Crippen molar-refractivity contribution in [2.45, 2.75) is 0 Å². The van der Waals surface area contributed by atoms with E-state index in [4.69, 9.17) is 11.6 Å². The van der Waals surface area contributed by atoms with E-state index in [0.717, 1.165) is 17.3 Å². The van der Waals surface area contributed by atoms with E-state index in [2.05, 4.69) is 24.0 Å². The predicted octanol–water partition coefficient (Wildman–Crippen LogP) is 2.03. The van der Waals surface area contributed by atoms with Crippen molar-refractivity contribution >= 4 is 11.6 Å². The topological polar surface area (TPSA) is 12.0 Å². The van der Waals surface area contributed by atoms with Crippen LogP contribution in [0.5, 0.6) is 0 Å². The average molecular weight is 168 g/mol. The molecular formula is C9H10ClN. The largest absolute Gasteiger partial charge is 0.388 e. The summed E-state index contributed by atoms with van der Waals surface area (Å²) in [4.78, 5) is 0. The minimum atomic E-state index is 0.424. The number of allylic oxidation sites excluding steroid dienone is 3. The Morgan fingerprint density at radius 1 is 1.64 bits per heavy atom. The summed E-state index contributed by atoms with van der Waals surface area (Å²) in [5, 5.41) is 4.06. The molecule has 1 saturated heterocycles. The van der Waals surface area contributed by atoms with Gasteiger partial charge in [0.25, 0.3) is 0 Å². The Morgan fingerprint density at radius 3 is 3.27 bits per heavy atom. The molecule has 0 spiro atoms. The van der Waals surface area contributed by atoms with Gasteiger partial charge in [-0.2, -0.15) is 0 Å². The van der Waals surface area contributed by atoms with Crippen LogP contribution in [0.25, 0.3) is 0 Å². The molecule has 2 rings (SSSR count). The summed E-state index contributed by atoms with van der Waals surface area (Å²) in [5.74, 6) is 0.998. The first kappa shape index (κ1) is 6.99. The van der Waals surface area contributed by atoms with Crippen LogP contribution in [0.15, 0.2) is 35.5 Å². The second-order valence-corrected chi connectivity index (χ2v) is 3.44. The van der Waals surface area contributed by atoms with Crippen LogP contribution in [-0.2, 0) is 0 Å². The van der Waals surface area contributed by atoms with Gasteiger partial charge in [-0.1, -0.05) is 30.3 Å². The number of halogens is 1. The average Bonchev–Trinajstić information content (AvgIpc) is 2.33. The maximum absolute atomic E-state index is 5.85. The lowest BCUT2D eigenvalue weighted by Crippen LogP contribution is -2.09. The summed E-state index contributed by atoms with van der Waals surface area (Å²) in [5.41, 5.74) is 1.09. The predicted molar refractivity (Wildman–Crippen MR) is 47.2 cm³/mol. The van der Waals surface area contributed by atoms with E-state index in [1.165, 1.54) is 0 Å². The molecule has 1 fully saturated rings.